The van der Waals surface area contributed by atoms with Gasteiger partial charge in [-0.1, -0.05) is 5.16 Å². The summed E-state index contributed by atoms with van der Waals surface area (Å²) in [4.78, 5) is 13.4. The Morgan fingerprint density at radius 2 is 2.44 bits per heavy atom. The van der Waals surface area contributed by atoms with E-state index in [9.17, 15) is 4.79 Å². The average Bonchev–Trinajstić information content (AvgIpc) is 2.48. The normalized spacial score (nSPS) is 18.5. The van der Waals surface area contributed by atoms with E-state index in [-0.39, 0.29) is 24.4 Å². The Bertz CT molecular complexity index is 363. The average molecular weight is 246 g/mol. The van der Waals surface area contributed by atoms with Crippen molar-refractivity contribution < 1.29 is 9.32 Å². The van der Waals surface area contributed by atoms with Crippen LogP contribution in [-0.4, -0.2) is 35.6 Å². The molecule has 2 heterocycles. The number of carbonyl (C=O) groups excluding carboxylic acids is 1. The van der Waals surface area contributed by atoms with Crippen molar-refractivity contribution in [2.75, 3.05) is 13.6 Å². The summed E-state index contributed by atoms with van der Waals surface area (Å²) in [7, 11) is 1.78. The Morgan fingerprint density at radius 1 is 1.75 bits per heavy atom. The summed E-state index contributed by atoms with van der Waals surface area (Å²) in [6.07, 6.45) is 0.932. The summed E-state index contributed by atoms with van der Waals surface area (Å²) >= 11 is 0. The molecule has 1 aromatic heterocycles. The van der Waals surface area contributed by atoms with E-state index in [0.29, 0.717) is 6.54 Å². The molecule has 0 aliphatic carbocycles. The topological polar surface area (TPSA) is 58.4 Å². The number of nitrogens with one attached hydrogen (secondary N) is 1. The zero-order valence-corrected chi connectivity index (χ0v) is 10.2. The zero-order valence-electron chi connectivity index (χ0n) is 9.40. The van der Waals surface area contributed by atoms with Crippen molar-refractivity contribution >= 4 is 18.3 Å². The van der Waals surface area contributed by atoms with Crippen molar-refractivity contribution in [3.63, 3.8) is 0 Å². The van der Waals surface area contributed by atoms with E-state index in [1.165, 1.54) is 0 Å². The number of nitrogens with zero attached hydrogens (tertiary/aromatic N) is 2. The van der Waals surface area contributed by atoms with Gasteiger partial charge in [0.25, 0.3) is 0 Å². The van der Waals surface area contributed by atoms with Crippen LogP contribution in [0.4, 0.5) is 0 Å². The van der Waals surface area contributed by atoms with Gasteiger partial charge in [-0.05, 0) is 19.9 Å². The van der Waals surface area contributed by atoms with Gasteiger partial charge in [-0.15, -0.1) is 12.4 Å². The number of aromatic nitrogens is 1. The highest BCUT2D eigenvalue weighted by Crippen LogP contribution is 2.09. The van der Waals surface area contributed by atoms with Crippen LogP contribution in [-0.2, 0) is 11.3 Å². The molecule has 0 aromatic carbocycles. The molecule has 0 radical (unpaired) electrons. The van der Waals surface area contributed by atoms with E-state index in [2.05, 4.69) is 10.5 Å². The molecule has 5 nitrogen and oxygen atoms in total. The summed E-state index contributed by atoms with van der Waals surface area (Å²) in [6.45, 7) is 3.29. The van der Waals surface area contributed by atoms with E-state index in [0.717, 1.165) is 24.4 Å². The third-order valence-corrected chi connectivity index (χ3v) is 2.57. The molecule has 1 aliphatic rings. The fraction of sp³-hybridized carbons (Fsp3) is 0.600. The number of hydrogen-bond donors (Lipinski definition) is 1. The van der Waals surface area contributed by atoms with Gasteiger partial charge in [0.2, 0.25) is 5.91 Å². The lowest BCUT2D eigenvalue weighted by molar-refractivity contribution is -0.134. The summed E-state index contributed by atoms with van der Waals surface area (Å²) in [5.74, 6) is 0.898. The molecule has 0 saturated carbocycles. The van der Waals surface area contributed by atoms with Gasteiger partial charge in [0, 0.05) is 13.1 Å². The van der Waals surface area contributed by atoms with Crippen LogP contribution >= 0.6 is 12.4 Å². The Balaban J connectivity index is 0.00000128. The molecule has 90 valence electrons. The number of aryl methyl sites for hydroxylation is 1. The number of carbonyl (C=O) groups is 1. The van der Waals surface area contributed by atoms with E-state index in [1.54, 1.807) is 11.9 Å². The number of amides is 1. The maximum Gasteiger partial charge on any atom is 0.239 e. The van der Waals surface area contributed by atoms with Gasteiger partial charge < -0.3 is 14.7 Å². The monoisotopic (exact) mass is 245 g/mol. The van der Waals surface area contributed by atoms with Crippen LogP contribution in [0.1, 0.15) is 17.9 Å². The lowest BCUT2D eigenvalue weighted by Gasteiger charge is -2.30. The highest BCUT2D eigenvalue weighted by Gasteiger charge is 2.27. The van der Waals surface area contributed by atoms with Gasteiger partial charge in [0.15, 0.2) is 0 Å². The Hall–Kier alpha value is -1.07. The van der Waals surface area contributed by atoms with Gasteiger partial charge in [-0.3, -0.25) is 4.79 Å². The van der Waals surface area contributed by atoms with Crippen LogP contribution in [0.3, 0.4) is 0 Å². The van der Waals surface area contributed by atoms with Crippen LogP contribution in [0.5, 0.6) is 0 Å². The summed E-state index contributed by atoms with van der Waals surface area (Å²) in [5.41, 5.74) is 0.794. The second-order valence-electron chi connectivity index (χ2n) is 3.92. The number of hydrogen-bond acceptors (Lipinski definition) is 4. The molecule has 1 saturated heterocycles. The van der Waals surface area contributed by atoms with Crippen molar-refractivity contribution in [1.82, 2.24) is 15.4 Å². The van der Waals surface area contributed by atoms with Crippen LogP contribution in [0.15, 0.2) is 10.6 Å². The third-order valence-electron chi connectivity index (χ3n) is 2.57. The van der Waals surface area contributed by atoms with Crippen molar-refractivity contribution in [3.05, 3.63) is 17.5 Å². The molecule has 0 bridgehead atoms. The van der Waals surface area contributed by atoms with Gasteiger partial charge >= 0.3 is 0 Å². The smallest absolute Gasteiger partial charge is 0.239 e. The number of likely N-dealkylation sites (N-methyl/N-ethyl adjacent to an activating group) is 1. The first-order valence-corrected chi connectivity index (χ1v) is 5.07. The lowest BCUT2D eigenvalue weighted by Crippen LogP contribution is -2.53. The first kappa shape index (κ1) is 13.0. The minimum absolute atomic E-state index is 0. The first-order chi connectivity index (χ1) is 7.16. The second-order valence-corrected chi connectivity index (χ2v) is 3.92. The van der Waals surface area contributed by atoms with E-state index in [1.807, 2.05) is 13.0 Å². The third kappa shape index (κ3) is 2.74. The van der Waals surface area contributed by atoms with Gasteiger partial charge in [0.05, 0.1) is 12.6 Å². The Morgan fingerprint density at radius 3 is 2.88 bits per heavy atom. The highest BCUT2D eigenvalue weighted by atomic mass is 35.5. The fourth-order valence-corrected chi connectivity index (χ4v) is 1.58. The summed E-state index contributed by atoms with van der Waals surface area (Å²) in [5, 5.41) is 6.93. The van der Waals surface area contributed by atoms with E-state index >= 15 is 0 Å². The van der Waals surface area contributed by atoms with Crippen LogP contribution < -0.4 is 5.32 Å². The highest BCUT2D eigenvalue weighted by molar-refractivity contribution is 5.85. The summed E-state index contributed by atoms with van der Waals surface area (Å²) < 4.78 is 4.94. The Labute approximate surface area is 101 Å². The predicted molar refractivity (Wildman–Crippen MR) is 61.4 cm³/mol. The molecular formula is C10H16ClN3O2. The molecule has 1 N–H and O–H groups in total. The molecule has 1 amide bonds. The SMILES string of the molecule is Cc1cc(CN(C)C(=O)[C@H]2CCN2)no1.Cl. The quantitative estimate of drug-likeness (QED) is 0.853. The zero-order chi connectivity index (χ0) is 10.8. The minimum Gasteiger partial charge on any atom is -0.361 e. The fourth-order valence-electron chi connectivity index (χ4n) is 1.58. The van der Waals surface area contributed by atoms with E-state index in [4.69, 9.17) is 4.52 Å². The largest absolute Gasteiger partial charge is 0.361 e. The van der Waals surface area contributed by atoms with Crippen LogP contribution in [0, 0.1) is 6.92 Å². The molecule has 1 aromatic rings. The van der Waals surface area contributed by atoms with Crippen LogP contribution in [0.25, 0.3) is 0 Å². The van der Waals surface area contributed by atoms with Crippen LogP contribution in [0.2, 0.25) is 0 Å². The maximum atomic E-state index is 11.7. The van der Waals surface area contributed by atoms with Crippen molar-refractivity contribution in [1.29, 1.82) is 0 Å². The first-order valence-electron chi connectivity index (χ1n) is 5.07. The predicted octanol–water partition coefficient (Wildman–Crippen LogP) is 0.725. The van der Waals surface area contributed by atoms with Gasteiger partial charge in [0.1, 0.15) is 11.5 Å². The minimum atomic E-state index is 0. The number of rotatable bonds is 3. The second kappa shape index (κ2) is 5.32. The maximum absolute atomic E-state index is 11.7. The lowest BCUT2D eigenvalue weighted by atomic mass is 10.1. The molecule has 0 spiro atoms. The van der Waals surface area contributed by atoms with E-state index < -0.39 is 0 Å². The summed E-state index contributed by atoms with van der Waals surface area (Å²) in [6, 6.07) is 1.85. The molecule has 2 rings (SSSR count). The standard InChI is InChI=1S/C10H15N3O2.ClH/c1-7-5-8(12-15-7)6-13(2)10(14)9-3-4-11-9;/h5,9,11H,3-4,6H2,1-2H3;1H/t9-;/m1./s1. The number of halogens is 1. The van der Waals surface area contributed by atoms with Gasteiger partial charge in [-0.25, -0.2) is 0 Å². The van der Waals surface area contributed by atoms with Crippen molar-refractivity contribution in [2.45, 2.75) is 25.9 Å². The van der Waals surface area contributed by atoms with Gasteiger partial charge in [-0.2, -0.15) is 0 Å². The van der Waals surface area contributed by atoms with Crippen molar-refractivity contribution in [2.24, 2.45) is 0 Å². The molecule has 1 aliphatic heterocycles. The molecule has 6 heteroatoms. The molecule has 0 unspecified atom stereocenters. The molecular weight excluding hydrogens is 230 g/mol. The molecule has 1 fully saturated rings. The molecule has 16 heavy (non-hydrogen) atoms. The van der Waals surface area contributed by atoms with Crippen molar-refractivity contribution in [3.8, 4) is 0 Å². The Kier molecular flexibility index (Phi) is 4.32. The molecule has 1 atom stereocenters.